The molecule has 0 radical (unpaired) electrons. The molecular weight excluding hydrogens is 571 g/mol. The van der Waals surface area contributed by atoms with Gasteiger partial charge in [0.1, 0.15) is 0 Å². The van der Waals surface area contributed by atoms with Gasteiger partial charge in [-0.1, -0.05) is 92.7 Å². The first-order valence-electron chi connectivity index (χ1n) is 15.0. The second-order valence-corrected chi connectivity index (χ2v) is 13.9. The molecule has 3 heteroatoms. The normalized spacial score (nSPS) is 13.0. The summed E-state index contributed by atoms with van der Waals surface area (Å²) in [5, 5.41) is 2.16. The van der Waals surface area contributed by atoms with Gasteiger partial charge in [-0.3, -0.25) is 0 Å². The van der Waals surface area contributed by atoms with Gasteiger partial charge in [0.2, 0.25) is 0 Å². The highest BCUT2D eigenvalue weighted by Gasteiger charge is 2.36. The van der Waals surface area contributed by atoms with Crippen molar-refractivity contribution in [1.29, 1.82) is 0 Å². The minimum absolute atomic E-state index is 0.0484. The smallest absolute Gasteiger partial charge is 0.0462 e. The summed E-state index contributed by atoms with van der Waals surface area (Å²) >= 11 is 3.67. The van der Waals surface area contributed by atoms with Gasteiger partial charge >= 0.3 is 0 Å². The minimum atomic E-state index is -0.0484. The molecule has 0 unspecified atom stereocenters. The highest BCUT2D eigenvalue weighted by atomic mass is 32.1. The molecule has 212 valence electrons. The topological polar surface area (TPSA) is 3.24 Å². The fraction of sp³-hybridized carbons (Fsp3) is 0.0732. The first-order valence-corrected chi connectivity index (χ1v) is 16.7. The molecule has 2 aromatic heterocycles. The molecule has 0 saturated heterocycles. The molecule has 1 aliphatic carbocycles. The van der Waals surface area contributed by atoms with E-state index < -0.39 is 0 Å². The molecule has 0 amide bonds. The first-order chi connectivity index (χ1) is 21.6. The summed E-state index contributed by atoms with van der Waals surface area (Å²) in [4.78, 5) is 6.21. The van der Waals surface area contributed by atoms with E-state index in [1.807, 2.05) is 11.3 Å². The Labute approximate surface area is 267 Å². The molecule has 8 rings (SSSR count). The lowest BCUT2D eigenvalue weighted by molar-refractivity contribution is 0.661. The number of hydrogen-bond acceptors (Lipinski definition) is 3. The second-order valence-electron chi connectivity index (χ2n) is 11.8. The fourth-order valence-corrected chi connectivity index (χ4v) is 8.24. The standard InChI is InChI=1S/C41H31NS2/c1-41(2)36-26-29(38-14-9-25-43-38)17-21-34(36)35-22-18-30(27-37(35)41)40-24-23-39(44-40)28-15-19-33(20-16-28)42(31-10-5-3-6-11-31)32-12-7-4-8-13-32/h3-27H,1-2H3. The Hall–Kier alpha value is -4.70. The van der Waals surface area contributed by atoms with Crippen LogP contribution in [0, 0.1) is 0 Å². The zero-order valence-corrected chi connectivity index (χ0v) is 26.3. The van der Waals surface area contributed by atoms with E-state index in [0.717, 1.165) is 17.1 Å². The van der Waals surface area contributed by atoms with Crippen LogP contribution in [-0.4, -0.2) is 0 Å². The summed E-state index contributed by atoms with van der Waals surface area (Å²) in [6.07, 6.45) is 0. The van der Waals surface area contributed by atoms with Crippen LogP contribution in [0.1, 0.15) is 25.0 Å². The van der Waals surface area contributed by atoms with Gasteiger partial charge in [0.15, 0.2) is 0 Å². The first kappa shape index (κ1) is 26.9. The molecule has 44 heavy (non-hydrogen) atoms. The summed E-state index contributed by atoms with van der Waals surface area (Å²) in [5.41, 5.74) is 12.8. The van der Waals surface area contributed by atoms with Crippen LogP contribution in [-0.2, 0) is 5.41 Å². The SMILES string of the molecule is CC1(C)c2cc(-c3cccs3)ccc2-c2ccc(-c3ccc(-c4ccc(N(c5ccccc5)c5ccccc5)cc4)s3)cc21. The molecule has 0 atom stereocenters. The van der Waals surface area contributed by atoms with E-state index in [0.29, 0.717) is 0 Å². The Morgan fingerprint density at radius 1 is 0.455 bits per heavy atom. The van der Waals surface area contributed by atoms with Gasteiger partial charge < -0.3 is 4.90 Å². The van der Waals surface area contributed by atoms with Crippen molar-refractivity contribution in [3.63, 3.8) is 0 Å². The lowest BCUT2D eigenvalue weighted by Gasteiger charge is -2.25. The summed E-state index contributed by atoms with van der Waals surface area (Å²) in [6, 6.07) is 53.0. The molecule has 7 aromatic rings. The summed E-state index contributed by atoms with van der Waals surface area (Å²) < 4.78 is 0. The average Bonchev–Trinajstić information content (AvgIpc) is 3.83. The summed E-state index contributed by atoms with van der Waals surface area (Å²) in [7, 11) is 0. The Kier molecular flexibility index (Phi) is 6.59. The molecule has 2 heterocycles. The largest absolute Gasteiger partial charge is 0.311 e. The molecule has 5 aromatic carbocycles. The van der Waals surface area contributed by atoms with Crippen molar-refractivity contribution in [3.05, 3.63) is 162 Å². The van der Waals surface area contributed by atoms with Crippen LogP contribution in [0.2, 0.25) is 0 Å². The van der Waals surface area contributed by atoms with Crippen LogP contribution >= 0.6 is 22.7 Å². The monoisotopic (exact) mass is 601 g/mol. The molecule has 1 nitrogen and oxygen atoms in total. The molecule has 0 spiro atoms. The number of fused-ring (bicyclic) bond motifs is 3. The van der Waals surface area contributed by atoms with Gasteiger partial charge in [-0.2, -0.15) is 0 Å². The van der Waals surface area contributed by atoms with Crippen molar-refractivity contribution in [1.82, 2.24) is 0 Å². The zero-order valence-electron chi connectivity index (χ0n) is 24.7. The maximum Gasteiger partial charge on any atom is 0.0462 e. The van der Waals surface area contributed by atoms with E-state index in [4.69, 9.17) is 0 Å². The van der Waals surface area contributed by atoms with Crippen molar-refractivity contribution in [3.8, 4) is 42.4 Å². The van der Waals surface area contributed by atoms with Gasteiger partial charge in [-0.05, 0) is 111 Å². The third-order valence-electron chi connectivity index (χ3n) is 8.81. The van der Waals surface area contributed by atoms with Crippen LogP contribution in [0.15, 0.2) is 151 Å². The Morgan fingerprint density at radius 3 is 1.50 bits per heavy atom. The Morgan fingerprint density at radius 2 is 0.955 bits per heavy atom. The van der Waals surface area contributed by atoms with E-state index in [1.165, 1.54) is 53.6 Å². The van der Waals surface area contributed by atoms with Crippen molar-refractivity contribution in [2.75, 3.05) is 4.90 Å². The fourth-order valence-electron chi connectivity index (χ4n) is 6.51. The summed E-state index contributed by atoms with van der Waals surface area (Å²) in [6.45, 7) is 4.74. The predicted molar refractivity (Wildman–Crippen MR) is 191 cm³/mol. The Balaban J connectivity index is 1.09. The molecule has 1 aliphatic rings. The van der Waals surface area contributed by atoms with Crippen molar-refractivity contribution < 1.29 is 0 Å². The molecule has 0 fully saturated rings. The van der Waals surface area contributed by atoms with Crippen molar-refractivity contribution >= 4 is 39.7 Å². The van der Waals surface area contributed by atoms with E-state index >= 15 is 0 Å². The van der Waals surface area contributed by atoms with Gasteiger partial charge in [-0.15, -0.1) is 22.7 Å². The van der Waals surface area contributed by atoms with E-state index in [9.17, 15) is 0 Å². The van der Waals surface area contributed by atoms with Crippen LogP contribution < -0.4 is 4.90 Å². The maximum atomic E-state index is 2.43. The number of thiophene rings is 2. The molecule has 0 aliphatic heterocycles. The minimum Gasteiger partial charge on any atom is -0.311 e. The average molecular weight is 602 g/mol. The van der Waals surface area contributed by atoms with E-state index in [2.05, 4.69) is 170 Å². The van der Waals surface area contributed by atoms with Gasteiger partial charge in [-0.25, -0.2) is 0 Å². The number of rotatable bonds is 6. The molecule has 0 N–H and O–H groups in total. The van der Waals surface area contributed by atoms with E-state index in [-0.39, 0.29) is 5.41 Å². The number of hydrogen-bond donors (Lipinski definition) is 0. The van der Waals surface area contributed by atoms with Gasteiger partial charge in [0.25, 0.3) is 0 Å². The quantitative estimate of drug-likeness (QED) is 0.183. The predicted octanol–water partition coefficient (Wildman–Crippen LogP) is 12.6. The van der Waals surface area contributed by atoms with Crippen LogP contribution in [0.3, 0.4) is 0 Å². The van der Waals surface area contributed by atoms with Crippen LogP contribution in [0.4, 0.5) is 17.1 Å². The van der Waals surface area contributed by atoms with Gasteiger partial charge in [0.05, 0.1) is 0 Å². The van der Waals surface area contributed by atoms with Crippen LogP contribution in [0.5, 0.6) is 0 Å². The zero-order chi connectivity index (χ0) is 29.7. The lowest BCUT2D eigenvalue weighted by Crippen LogP contribution is -2.15. The lowest BCUT2D eigenvalue weighted by atomic mass is 9.81. The third kappa shape index (κ3) is 4.61. The third-order valence-corrected chi connectivity index (χ3v) is 10.9. The molecular formula is C41H31NS2. The molecule has 0 saturated carbocycles. The molecule has 0 bridgehead atoms. The van der Waals surface area contributed by atoms with Crippen molar-refractivity contribution in [2.24, 2.45) is 0 Å². The number of anilines is 3. The van der Waals surface area contributed by atoms with E-state index in [1.54, 1.807) is 11.3 Å². The number of nitrogens with zero attached hydrogens (tertiary/aromatic N) is 1. The number of benzene rings is 5. The highest BCUT2D eigenvalue weighted by molar-refractivity contribution is 7.18. The second kappa shape index (κ2) is 10.8. The highest BCUT2D eigenvalue weighted by Crippen LogP contribution is 2.51. The number of para-hydroxylation sites is 2. The van der Waals surface area contributed by atoms with Crippen LogP contribution in [0.25, 0.3) is 42.4 Å². The van der Waals surface area contributed by atoms with Gasteiger partial charge in [0, 0.05) is 37.1 Å². The maximum absolute atomic E-state index is 2.43. The van der Waals surface area contributed by atoms with Crippen molar-refractivity contribution in [2.45, 2.75) is 19.3 Å². The summed E-state index contributed by atoms with van der Waals surface area (Å²) in [5.74, 6) is 0. The Bertz CT molecular complexity index is 2030.